The van der Waals surface area contributed by atoms with Gasteiger partial charge in [0.05, 0.1) is 11.9 Å². The zero-order valence-corrected chi connectivity index (χ0v) is 15.0. The molecule has 4 rings (SSSR count). The Bertz CT molecular complexity index is 1130. The maximum absolute atomic E-state index is 13.6. The number of nitrogens with zero attached hydrogens (tertiary/aromatic N) is 5. The summed E-state index contributed by atoms with van der Waals surface area (Å²) in [5.41, 5.74) is 1.42. The van der Waals surface area contributed by atoms with Crippen molar-refractivity contribution in [3.63, 3.8) is 0 Å². The van der Waals surface area contributed by atoms with Crippen LogP contribution < -0.4 is 5.32 Å². The first kappa shape index (κ1) is 17.8. The van der Waals surface area contributed by atoms with Crippen LogP contribution in [-0.2, 0) is 6.54 Å². The van der Waals surface area contributed by atoms with E-state index in [1.54, 1.807) is 48.7 Å². The standard InChI is InChI=1S/C18H12ClFN6O2/c19-12-5-7-13(8-6-12)26-10-15(23-25-26)16-22-18(28-24-16)17(27)21-9-11-3-1-2-4-14(11)20/h1-8,10H,9H2,(H,21,27). The number of benzene rings is 2. The summed E-state index contributed by atoms with van der Waals surface area (Å²) in [5.74, 6) is -1.18. The second-order valence-electron chi connectivity index (χ2n) is 5.72. The predicted molar refractivity (Wildman–Crippen MR) is 97.2 cm³/mol. The summed E-state index contributed by atoms with van der Waals surface area (Å²) in [7, 11) is 0. The molecule has 2 heterocycles. The van der Waals surface area contributed by atoms with E-state index in [2.05, 4.69) is 25.8 Å². The fourth-order valence-corrected chi connectivity index (χ4v) is 2.52. The molecule has 1 N–H and O–H groups in total. The summed E-state index contributed by atoms with van der Waals surface area (Å²) in [6.45, 7) is -0.00400. The van der Waals surface area contributed by atoms with Gasteiger partial charge < -0.3 is 9.84 Å². The Labute approximate surface area is 162 Å². The molecule has 0 saturated heterocycles. The Morgan fingerprint density at radius 3 is 2.75 bits per heavy atom. The Hall–Kier alpha value is -3.59. The smallest absolute Gasteiger partial charge is 0.316 e. The SMILES string of the molecule is O=C(NCc1ccccc1F)c1nc(-c2cn(-c3ccc(Cl)cc3)nn2)no1. The zero-order chi connectivity index (χ0) is 19.5. The van der Waals surface area contributed by atoms with E-state index in [0.29, 0.717) is 16.3 Å². The van der Waals surface area contributed by atoms with Gasteiger partial charge in [-0.25, -0.2) is 9.07 Å². The topological polar surface area (TPSA) is 98.7 Å². The van der Waals surface area contributed by atoms with Gasteiger partial charge in [-0.15, -0.1) is 5.10 Å². The van der Waals surface area contributed by atoms with E-state index in [4.69, 9.17) is 16.1 Å². The molecule has 8 nitrogen and oxygen atoms in total. The minimum absolute atomic E-state index is 0.00400. The number of hydrogen-bond acceptors (Lipinski definition) is 6. The van der Waals surface area contributed by atoms with Crippen LogP contribution in [0.1, 0.15) is 16.2 Å². The van der Waals surface area contributed by atoms with E-state index in [1.165, 1.54) is 10.7 Å². The Morgan fingerprint density at radius 2 is 1.96 bits per heavy atom. The van der Waals surface area contributed by atoms with Gasteiger partial charge in [-0.2, -0.15) is 4.98 Å². The van der Waals surface area contributed by atoms with Gasteiger partial charge in [-0.1, -0.05) is 40.2 Å². The molecular formula is C18H12ClFN6O2. The van der Waals surface area contributed by atoms with Gasteiger partial charge in [0.2, 0.25) is 5.82 Å². The molecule has 2 aromatic carbocycles. The van der Waals surface area contributed by atoms with Gasteiger partial charge in [0.15, 0.2) is 5.69 Å². The lowest BCUT2D eigenvalue weighted by Crippen LogP contribution is -2.23. The molecule has 0 aliphatic heterocycles. The summed E-state index contributed by atoms with van der Waals surface area (Å²) in [6, 6.07) is 13.1. The van der Waals surface area contributed by atoms with Crippen LogP contribution in [0.25, 0.3) is 17.2 Å². The highest BCUT2D eigenvalue weighted by Gasteiger charge is 2.18. The quantitative estimate of drug-likeness (QED) is 0.554. The molecule has 2 aromatic heterocycles. The monoisotopic (exact) mass is 398 g/mol. The first-order chi connectivity index (χ1) is 13.6. The van der Waals surface area contributed by atoms with Gasteiger partial charge in [0.25, 0.3) is 0 Å². The third-order valence-electron chi connectivity index (χ3n) is 3.83. The van der Waals surface area contributed by atoms with Gasteiger partial charge in [-0.3, -0.25) is 4.79 Å². The molecule has 10 heteroatoms. The van der Waals surface area contributed by atoms with Crippen molar-refractivity contribution in [3.05, 3.63) is 77.0 Å². The fourth-order valence-electron chi connectivity index (χ4n) is 2.40. The summed E-state index contributed by atoms with van der Waals surface area (Å²) in [4.78, 5) is 16.2. The highest BCUT2D eigenvalue weighted by atomic mass is 35.5. The fraction of sp³-hybridized carbons (Fsp3) is 0.0556. The van der Waals surface area contributed by atoms with Crippen LogP contribution >= 0.6 is 11.6 Å². The van der Waals surface area contributed by atoms with E-state index in [9.17, 15) is 9.18 Å². The van der Waals surface area contributed by atoms with Crippen molar-refractivity contribution in [2.75, 3.05) is 0 Å². The number of halogens is 2. The summed E-state index contributed by atoms with van der Waals surface area (Å²) in [6.07, 6.45) is 1.59. The average Bonchev–Trinajstić information content (AvgIpc) is 3.37. The van der Waals surface area contributed by atoms with Crippen LogP contribution in [0.3, 0.4) is 0 Å². The zero-order valence-electron chi connectivity index (χ0n) is 14.2. The van der Waals surface area contributed by atoms with Crippen molar-refractivity contribution in [1.29, 1.82) is 0 Å². The van der Waals surface area contributed by atoms with Crippen LogP contribution in [0, 0.1) is 5.82 Å². The van der Waals surface area contributed by atoms with Crippen molar-refractivity contribution in [2.45, 2.75) is 6.54 Å². The molecule has 0 saturated carbocycles. The number of amides is 1. The van der Waals surface area contributed by atoms with Crippen LogP contribution in [0.15, 0.2) is 59.3 Å². The predicted octanol–water partition coefficient (Wildman–Crippen LogP) is 3.04. The second kappa shape index (κ2) is 7.57. The van der Waals surface area contributed by atoms with Crippen molar-refractivity contribution >= 4 is 17.5 Å². The number of carbonyl (C=O) groups is 1. The Balaban J connectivity index is 1.46. The minimum atomic E-state index is -0.618. The molecule has 0 aliphatic rings. The third kappa shape index (κ3) is 3.74. The maximum Gasteiger partial charge on any atom is 0.316 e. The van der Waals surface area contributed by atoms with Gasteiger partial charge >= 0.3 is 11.8 Å². The summed E-state index contributed by atoms with van der Waals surface area (Å²) >= 11 is 5.87. The first-order valence-electron chi connectivity index (χ1n) is 8.14. The molecule has 0 unspecified atom stereocenters. The lowest BCUT2D eigenvalue weighted by Gasteiger charge is -2.03. The van der Waals surface area contributed by atoms with E-state index < -0.39 is 11.7 Å². The number of aromatic nitrogens is 5. The molecule has 28 heavy (non-hydrogen) atoms. The normalized spacial score (nSPS) is 10.8. The second-order valence-corrected chi connectivity index (χ2v) is 6.16. The molecule has 140 valence electrons. The molecule has 0 fully saturated rings. The lowest BCUT2D eigenvalue weighted by molar-refractivity contribution is 0.0906. The average molecular weight is 399 g/mol. The van der Waals surface area contributed by atoms with E-state index >= 15 is 0 Å². The molecule has 0 spiro atoms. The Kier molecular flexibility index (Phi) is 4.81. The summed E-state index contributed by atoms with van der Waals surface area (Å²) < 4.78 is 20.1. The van der Waals surface area contributed by atoms with Crippen molar-refractivity contribution < 1.29 is 13.7 Å². The molecule has 0 aliphatic carbocycles. The number of nitrogens with one attached hydrogen (secondary N) is 1. The first-order valence-corrected chi connectivity index (χ1v) is 8.52. The van der Waals surface area contributed by atoms with Crippen molar-refractivity contribution in [1.82, 2.24) is 30.5 Å². The highest BCUT2D eigenvalue weighted by molar-refractivity contribution is 6.30. The lowest BCUT2D eigenvalue weighted by atomic mass is 10.2. The molecule has 0 atom stereocenters. The number of rotatable bonds is 5. The largest absolute Gasteiger partial charge is 0.344 e. The summed E-state index contributed by atoms with van der Waals surface area (Å²) in [5, 5.41) is 14.8. The molecule has 0 bridgehead atoms. The third-order valence-corrected chi connectivity index (χ3v) is 4.08. The van der Waals surface area contributed by atoms with E-state index in [1.807, 2.05) is 0 Å². The van der Waals surface area contributed by atoms with Gasteiger partial charge in [-0.05, 0) is 30.3 Å². The van der Waals surface area contributed by atoms with Crippen LogP contribution in [0.2, 0.25) is 5.02 Å². The van der Waals surface area contributed by atoms with Crippen molar-refractivity contribution in [3.8, 4) is 17.2 Å². The van der Waals surface area contributed by atoms with E-state index in [-0.39, 0.29) is 18.3 Å². The number of hydrogen-bond donors (Lipinski definition) is 1. The van der Waals surface area contributed by atoms with E-state index in [0.717, 1.165) is 5.69 Å². The van der Waals surface area contributed by atoms with Gasteiger partial charge in [0.1, 0.15) is 5.82 Å². The van der Waals surface area contributed by atoms with Crippen LogP contribution in [0.4, 0.5) is 4.39 Å². The minimum Gasteiger partial charge on any atom is -0.344 e. The maximum atomic E-state index is 13.6. The number of carbonyl (C=O) groups excluding carboxylic acids is 1. The van der Waals surface area contributed by atoms with Gasteiger partial charge in [0, 0.05) is 17.1 Å². The molecule has 1 amide bonds. The van der Waals surface area contributed by atoms with Crippen LogP contribution in [-0.4, -0.2) is 31.0 Å². The molecule has 0 radical (unpaired) electrons. The highest BCUT2D eigenvalue weighted by Crippen LogP contribution is 2.16. The molecule has 4 aromatic rings. The van der Waals surface area contributed by atoms with Crippen LogP contribution in [0.5, 0.6) is 0 Å². The van der Waals surface area contributed by atoms with Crippen molar-refractivity contribution in [2.24, 2.45) is 0 Å². The molecular weight excluding hydrogens is 387 g/mol. The Morgan fingerprint density at radius 1 is 1.18 bits per heavy atom.